The summed E-state index contributed by atoms with van der Waals surface area (Å²) in [5, 5.41) is 0. The quantitative estimate of drug-likeness (QED) is 0.785. The highest BCUT2D eigenvalue weighted by molar-refractivity contribution is 5.94. The number of alkyl halides is 2. The van der Waals surface area contributed by atoms with Crippen LogP contribution in [0.3, 0.4) is 0 Å². The van der Waals surface area contributed by atoms with Crippen molar-refractivity contribution in [2.75, 3.05) is 31.6 Å². The number of hydrogen-bond donors (Lipinski definition) is 0. The normalized spacial score (nSPS) is 20.9. The number of carbonyl (C=O) groups is 1. The maximum Gasteiger partial charge on any atom is 0.267 e. The fraction of sp³-hybridized carbons (Fsp3) is 0.650. The molecule has 1 saturated heterocycles. The van der Waals surface area contributed by atoms with Crippen molar-refractivity contribution in [3.05, 3.63) is 29.8 Å². The van der Waals surface area contributed by atoms with Gasteiger partial charge in [0.1, 0.15) is 0 Å². The Labute approximate surface area is 150 Å². The molecule has 1 aliphatic rings. The number of piperidine rings is 1. The molecular formula is C20H30F2N2O. The summed E-state index contributed by atoms with van der Waals surface area (Å²) in [6, 6.07) is 7.03. The van der Waals surface area contributed by atoms with Gasteiger partial charge in [0.15, 0.2) is 0 Å². The average molecular weight is 352 g/mol. The predicted octanol–water partition coefficient (Wildman–Crippen LogP) is 4.39. The van der Waals surface area contributed by atoms with Crippen molar-refractivity contribution < 1.29 is 13.6 Å². The SMILES string of the molecule is CC(C)CN1CCC(c2ccc(N(C)C(=O)C(C)C)cc2)C(F)(F)C1. The van der Waals surface area contributed by atoms with E-state index >= 15 is 0 Å². The third kappa shape index (κ3) is 4.78. The van der Waals surface area contributed by atoms with Crippen LogP contribution in [0.1, 0.15) is 45.6 Å². The van der Waals surface area contributed by atoms with Crippen molar-refractivity contribution in [3.8, 4) is 0 Å². The molecule has 1 amide bonds. The Bertz CT molecular complexity index is 584. The summed E-state index contributed by atoms with van der Waals surface area (Å²) in [6.07, 6.45) is 0.458. The molecule has 0 radical (unpaired) electrons. The van der Waals surface area contributed by atoms with Gasteiger partial charge in [-0.3, -0.25) is 9.69 Å². The zero-order valence-electron chi connectivity index (χ0n) is 15.9. The van der Waals surface area contributed by atoms with E-state index in [0.717, 1.165) is 5.69 Å². The molecule has 3 nitrogen and oxygen atoms in total. The lowest BCUT2D eigenvalue weighted by molar-refractivity contribution is -0.121. The number of anilines is 1. The second-order valence-electron chi connectivity index (χ2n) is 7.87. The first-order chi connectivity index (χ1) is 11.6. The molecule has 1 heterocycles. The van der Waals surface area contributed by atoms with E-state index in [2.05, 4.69) is 13.8 Å². The molecule has 1 unspecified atom stereocenters. The lowest BCUT2D eigenvalue weighted by Crippen LogP contribution is -2.48. The minimum Gasteiger partial charge on any atom is -0.315 e. The van der Waals surface area contributed by atoms with Gasteiger partial charge in [-0.1, -0.05) is 39.8 Å². The number of hydrogen-bond acceptors (Lipinski definition) is 2. The third-order valence-corrected chi connectivity index (χ3v) is 4.81. The van der Waals surface area contributed by atoms with Gasteiger partial charge in [0, 0.05) is 25.2 Å². The van der Waals surface area contributed by atoms with E-state index < -0.39 is 11.8 Å². The fourth-order valence-electron chi connectivity index (χ4n) is 3.54. The van der Waals surface area contributed by atoms with Gasteiger partial charge in [-0.2, -0.15) is 0 Å². The second-order valence-corrected chi connectivity index (χ2v) is 7.87. The van der Waals surface area contributed by atoms with Crippen LogP contribution in [0.25, 0.3) is 0 Å². The van der Waals surface area contributed by atoms with Gasteiger partial charge >= 0.3 is 0 Å². The lowest BCUT2D eigenvalue weighted by atomic mass is 9.86. The van der Waals surface area contributed by atoms with Crippen LogP contribution in [0.4, 0.5) is 14.5 Å². The van der Waals surface area contributed by atoms with E-state index in [-0.39, 0.29) is 18.4 Å². The van der Waals surface area contributed by atoms with Crippen molar-refractivity contribution in [2.24, 2.45) is 11.8 Å². The molecule has 25 heavy (non-hydrogen) atoms. The first kappa shape index (κ1) is 19.8. The minimum absolute atomic E-state index is 0.0140. The maximum atomic E-state index is 14.6. The van der Waals surface area contributed by atoms with E-state index in [0.29, 0.717) is 31.0 Å². The smallest absolute Gasteiger partial charge is 0.267 e. The van der Waals surface area contributed by atoms with Crippen LogP contribution in [0, 0.1) is 11.8 Å². The van der Waals surface area contributed by atoms with E-state index in [1.54, 1.807) is 36.2 Å². The van der Waals surface area contributed by atoms with Gasteiger partial charge < -0.3 is 4.90 Å². The standard InChI is InChI=1S/C20H30F2N2O/c1-14(2)12-24-11-10-18(20(21,22)13-24)16-6-8-17(9-7-16)23(5)19(25)15(3)4/h6-9,14-15,18H,10-13H2,1-5H3. The number of halogens is 2. The zero-order chi connectivity index (χ0) is 18.8. The van der Waals surface area contributed by atoms with Crippen LogP contribution in [0.2, 0.25) is 0 Å². The first-order valence-electron chi connectivity index (χ1n) is 9.09. The van der Waals surface area contributed by atoms with Gasteiger partial charge in [-0.05, 0) is 36.6 Å². The van der Waals surface area contributed by atoms with Crippen molar-refractivity contribution in [1.82, 2.24) is 4.90 Å². The molecule has 5 heteroatoms. The zero-order valence-corrected chi connectivity index (χ0v) is 15.9. The van der Waals surface area contributed by atoms with Crippen LogP contribution in [-0.4, -0.2) is 43.4 Å². The van der Waals surface area contributed by atoms with E-state index in [1.165, 1.54) is 0 Å². The van der Waals surface area contributed by atoms with Crippen LogP contribution in [-0.2, 0) is 4.79 Å². The Morgan fingerprint density at radius 1 is 1.24 bits per heavy atom. The van der Waals surface area contributed by atoms with E-state index in [1.807, 2.05) is 18.7 Å². The summed E-state index contributed by atoms with van der Waals surface area (Å²) < 4.78 is 29.3. The average Bonchev–Trinajstić information content (AvgIpc) is 2.52. The molecule has 0 aliphatic carbocycles. The van der Waals surface area contributed by atoms with Crippen LogP contribution < -0.4 is 4.90 Å². The molecule has 0 spiro atoms. The van der Waals surface area contributed by atoms with Crippen LogP contribution >= 0.6 is 0 Å². The van der Waals surface area contributed by atoms with Crippen molar-refractivity contribution in [1.29, 1.82) is 0 Å². The summed E-state index contributed by atoms with van der Waals surface area (Å²) in [5.74, 6) is -3.18. The van der Waals surface area contributed by atoms with Gasteiger partial charge in [0.2, 0.25) is 5.91 Å². The molecule has 0 saturated carbocycles. The molecular weight excluding hydrogens is 322 g/mol. The van der Waals surface area contributed by atoms with Crippen molar-refractivity contribution >= 4 is 11.6 Å². The topological polar surface area (TPSA) is 23.6 Å². The Hall–Kier alpha value is -1.49. The molecule has 1 atom stereocenters. The number of nitrogens with zero attached hydrogens (tertiary/aromatic N) is 2. The van der Waals surface area contributed by atoms with Crippen LogP contribution in [0.5, 0.6) is 0 Å². The number of benzene rings is 1. The molecule has 1 aromatic carbocycles. The minimum atomic E-state index is -2.73. The Morgan fingerprint density at radius 3 is 2.32 bits per heavy atom. The highest BCUT2D eigenvalue weighted by Gasteiger charge is 2.45. The maximum absolute atomic E-state index is 14.6. The molecule has 0 aromatic heterocycles. The van der Waals surface area contributed by atoms with E-state index in [4.69, 9.17) is 0 Å². The third-order valence-electron chi connectivity index (χ3n) is 4.81. The summed E-state index contributed by atoms with van der Waals surface area (Å²) in [7, 11) is 1.72. The molecule has 1 fully saturated rings. The first-order valence-corrected chi connectivity index (χ1v) is 9.09. The monoisotopic (exact) mass is 352 g/mol. The summed E-state index contributed by atoms with van der Waals surface area (Å²) in [4.78, 5) is 15.5. The van der Waals surface area contributed by atoms with E-state index in [9.17, 15) is 13.6 Å². The number of likely N-dealkylation sites (tertiary alicyclic amines) is 1. The predicted molar refractivity (Wildman–Crippen MR) is 98.3 cm³/mol. The summed E-state index contributed by atoms with van der Waals surface area (Å²) in [6.45, 7) is 9.03. The van der Waals surface area contributed by atoms with Gasteiger partial charge in [-0.25, -0.2) is 8.78 Å². The van der Waals surface area contributed by atoms with Gasteiger partial charge in [0.25, 0.3) is 5.92 Å². The second kappa shape index (κ2) is 7.81. The highest BCUT2D eigenvalue weighted by atomic mass is 19.3. The lowest BCUT2D eigenvalue weighted by Gasteiger charge is -2.39. The largest absolute Gasteiger partial charge is 0.315 e. The van der Waals surface area contributed by atoms with Crippen molar-refractivity contribution in [3.63, 3.8) is 0 Å². The molecule has 2 rings (SSSR count). The van der Waals surface area contributed by atoms with Crippen molar-refractivity contribution in [2.45, 2.75) is 46.0 Å². The van der Waals surface area contributed by atoms with Gasteiger partial charge in [0.05, 0.1) is 12.5 Å². The molecule has 0 bridgehead atoms. The fourth-order valence-corrected chi connectivity index (χ4v) is 3.54. The highest BCUT2D eigenvalue weighted by Crippen LogP contribution is 2.40. The Kier molecular flexibility index (Phi) is 6.20. The molecule has 140 valence electrons. The number of amides is 1. The Balaban J connectivity index is 2.10. The Morgan fingerprint density at radius 2 is 1.84 bits per heavy atom. The number of carbonyl (C=O) groups excluding carboxylic acids is 1. The summed E-state index contributed by atoms with van der Waals surface area (Å²) in [5.41, 5.74) is 1.39. The van der Waals surface area contributed by atoms with Gasteiger partial charge in [-0.15, -0.1) is 0 Å². The molecule has 1 aliphatic heterocycles. The molecule has 1 aromatic rings. The van der Waals surface area contributed by atoms with Crippen LogP contribution in [0.15, 0.2) is 24.3 Å². The molecule has 0 N–H and O–H groups in total. The summed E-state index contributed by atoms with van der Waals surface area (Å²) >= 11 is 0. The number of rotatable bonds is 5.